The molecule has 2 atom stereocenters. The first kappa shape index (κ1) is 44.4. The number of para-hydroxylation sites is 1. The van der Waals surface area contributed by atoms with Crippen LogP contribution in [0.15, 0.2) is 79.1 Å². The van der Waals surface area contributed by atoms with E-state index in [0.29, 0.717) is 41.9 Å². The molecule has 4 N–H and O–H groups in total. The summed E-state index contributed by atoms with van der Waals surface area (Å²) in [6.07, 6.45) is 8.09. The molecule has 0 bridgehead atoms. The van der Waals surface area contributed by atoms with Gasteiger partial charge in [-0.25, -0.2) is 9.97 Å². The average molecular weight is 915 g/mol. The Bertz CT molecular complexity index is 2670. The molecule has 4 aliphatic rings. The Morgan fingerprint density at radius 2 is 1.68 bits per heavy atom. The van der Waals surface area contributed by atoms with Crippen molar-refractivity contribution in [3.05, 3.63) is 101 Å². The van der Waals surface area contributed by atoms with E-state index in [-0.39, 0.29) is 54.2 Å². The number of imide groups is 2. The highest BCUT2D eigenvalue weighted by Gasteiger charge is 2.46. The lowest BCUT2D eigenvalue weighted by molar-refractivity contribution is -0.136. The third-order valence-electron chi connectivity index (χ3n) is 12.7. The van der Waals surface area contributed by atoms with Crippen LogP contribution in [0.5, 0.6) is 5.75 Å². The number of aromatic amines is 1. The largest absolute Gasteiger partial charge is 0.483 e. The summed E-state index contributed by atoms with van der Waals surface area (Å²) in [6.45, 7) is 5.96. The quantitative estimate of drug-likeness (QED) is 0.0821. The van der Waals surface area contributed by atoms with E-state index in [1.165, 1.54) is 12.1 Å². The van der Waals surface area contributed by atoms with Gasteiger partial charge in [-0.2, -0.15) is 0 Å². The summed E-state index contributed by atoms with van der Waals surface area (Å²) >= 11 is 6.56. The summed E-state index contributed by atoms with van der Waals surface area (Å²) in [4.78, 5) is 96.7. The van der Waals surface area contributed by atoms with Crippen LogP contribution in [0.4, 0.5) is 11.6 Å². The van der Waals surface area contributed by atoms with Gasteiger partial charge < -0.3 is 30.2 Å². The number of carbonyl (C=O) groups excluding carboxylic acids is 6. The zero-order valence-electron chi connectivity index (χ0n) is 36.4. The summed E-state index contributed by atoms with van der Waals surface area (Å²) in [7, 11) is 0. The molecule has 5 aromatic rings. The van der Waals surface area contributed by atoms with Crippen LogP contribution in [-0.4, -0.2) is 136 Å². The fourth-order valence-electron chi connectivity index (χ4n) is 9.25. The Morgan fingerprint density at radius 3 is 2.50 bits per heavy atom. The summed E-state index contributed by atoms with van der Waals surface area (Å²) in [5.74, 6) is -2.24. The number of benzene rings is 3. The fourth-order valence-corrected chi connectivity index (χ4v) is 9.44. The minimum Gasteiger partial charge on any atom is -0.483 e. The molecule has 342 valence electrons. The van der Waals surface area contributed by atoms with E-state index in [4.69, 9.17) is 21.3 Å². The van der Waals surface area contributed by atoms with Crippen molar-refractivity contribution in [1.29, 1.82) is 0 Å². The second-order valence-electron chi connectivity index (χ2n) is 17.1. The number of H-pyrrole nitrogens is 1. The van der Waals surface area contributed by atoms with E-state index < -0.39 is 29.7 Å². The van der Waals surface area contributed by atoms with Gasteiger partial charge in [0.1, 0.15) is 11.8 Å². The summed E-state index contributed by atoms with van der Waals surface area (Å²) in [6, 6.07) is 19.4. The lowest BCUT2D eigenvalue weighted by Gasteiger charge is -2.36. The van der Waals surface area contributed by atoms with Crippen molar-refractivity contribution in [1.82, 2.24) is 40.3 Å². The van der Waals surface area contributed by atoms with Crippen LogP contribution in [0.1, 0.15) is 76.0 Å². The second-order valence-corrected chi connectivity index (χ2v) is 17.5. The molecule has 9 rings (SSSR count). The number of rotatable bonds is 15. The first-order chi connectivity index (χ1) is 32.1. The van der Waals surface area contributed by atoms with Crippen molar-refractivity contribution < 1.29 is 33.5 Å². The van der Waals surface area contributed by atoms with Crippen LogP contribution in [0.2, 0.25) is 5.02 Å². The topological polar surface area (TPSA) is 202 Å². The highest BCUT2D eigenvalue weighted by atomic mass is 35.5. The fraction of sp³-hybridized carbons (Fsp3) is 0.375. The van der Waals surface area contributed by atoms with Crippen molar-refractivity contribution in [3.63, 3.8) is 0 Å². The van der Waals surface area contributed by atoms with Crippen LogP contribution < -0.4 is 25.6 Å². The number of hydrogen-bond donors (Lipinski definition) is 4. The van der Waals surface area contributed by atoms with Crippen LogP contribution in [0, 0.1) is 0 Å². The van der Waals surface area contributed by atoms with Gasteiger partial charge in [-0.05, 0) is 81.1 Å². The number of halogens is 1. The van der Waals surface area contributed by atoms with E-state index in [1.807, 2.05) is 59.6 Å². The molecule has 0 aliphatic carbocycles. The van der Waals surface area contributed by atoms with Crippen molar-refractivity contribution in [2.75, 3.05) is 69.2 Å². The highest BCUT2D eigenvalue weighted by Crippen LogP contribution is 2.35. The first-order valence-electron chi connectivity index (χ1n) is 22.6. The third-order valence-corrected chi connectivity index (χ3v) is 13.0. The molecule has 3 saturated heterocycles. The van der Waals surface area contributed by atoms with Gasteiger partial charge >= 0.3 is 0 Å². The zero-order chi connectivity index (χ0) is 45.7. The van der Waals surface area contributed by atoms with Crippen molar-refractivity contribution in [3.8, 4) is 17.0 Å². The van der Waals surface area contributed by atoms with Gasteiger partial charge in [0.15, 0.2) is 6.61 Å². The van der Waals surface area contributed by atoms with Gasteiger partial charge in [0.25, 0.3) is 23.6 Å². The molecular weight excluding hydrogens is 864 g/mol. The predicted octanol–water partition coefficient (Wildman–Crippen LogP) is 4.88. The number of hydrogen-bond acceptors (Lipinski definition) is 12. The number of carbonyl (C=O) groups is 6. The molecule has 18 heteroatoms. The molecule has 3 fully saturated rings. The molecule has 1 unspecified atom stereocenters. The maximum Gasteiger partial charge on any atom is 0.266 e. The number of aromatic nitrogens is 3. The maximum atomic E-state index is 13.7. The normalized spacial score (nSPS) is 19.0. The van der Waals surface area contributed by atoms with Crippen LogP contribution in [0.3, 0.4) is 0 Å². The molecule has 4 aliphatic heterocycles. The number of ether oxygens (including phenoxy) is 1. The van der Waals surface area contributed by atoms with E-state index in [9.17, 15) is 28.8 Å². The van der Waals surface area contributed by atoms with Crippen molar-refractivity contribution in [2.24, 2.45) is 0 Å². The lowest BCUT2D eigenvalue weighted by atomic mass is 10.0. The minimum atomic E-state index is -1.09. The minimum absolute atomic E-state index is 0.00102. The average Bonchev–Trinajstić information content (AvgIpc) is 3.88. The molecule has 6 amide bonds. The van der Waals surface area contributed by atoms with Gasteiger partial charge in [0, 0.05) is 92.2 Å². The maximum absolute atomic E-state index is 13.7. The number of nitrogens with zero attached hydrogens (tertiary/aromatic N) is 6. The van der Waals surface area contributed by atoms with Crippen LogP contribution in [-0.2, 0) is 14.4 Å². The van der Waals surface area contributed by atoms with Gasteiger partial charge in [-0.3, -0.25) is 43.9 Å². The summed E-state index contributed by atoms with van der Waals surface area (Å²) in [5.41, 5.74) is 4.43. The number of likely N-dealkylation sites (tertiary alicyclic amines) is 1. The van der Waals surface area contributed by atoms with Crippen molar-refractivity contribution >= 4 is 69.6 Å². The van der Waals surface area contributed by atoms with Gasteiger partial charge in [-0.15, -0.1) is 0 Å². The first-order valence-corrected chi connectivity index (χ1v) is 23.0. The molecule has 6 heterocycles. The number of nitrogens with one attached hydrogen (secondary N) is 4. The molecule has 17 nitrogen and oxygen atoms in total. The van der Waals surface area contributed by atoms with Gasteiger partial charge in [0.2, 0.25) is 17.8 Å². The SMILES string of the molecule is O=C(COc1cccc2c1C(=O)N(C1CCC(=O)NC1=O)C2=O)NCCCCCN1CCN(c2ccc(C(=O)N3CCC[C@@H](Nc4ncc(Cl)c(-c5c[nH]c6ccccc56)n4)C3)cc2)CC1. The van der Waals surface area contributed by atoms with E-state index in [2.05, 4.69) is 35.7 Å². The number of amides is 6. The third kappa shape index (κ3) is 9.58. The Morgan fingerprint density at radius 1 is 0.864 bits per heavy atom. The van der Waals surface area contributed by atoms with E-state index in [0.717, 1.165) is 91.9 Å². The Kier molecular flexibility index (Phi) is 13.3. The second kappa shape index (κ2) is 19.7. The number of fused-ring (bicyclic) bond motifs is 2. The molecule has 3 aromatic carbocycles. The van der Waals surface area contributed by atoms with E-state index >= 15 is 0 Å². The summed E-state index contributed by atoms with van der Waals surface area (Å²) in [5, 5.41) is 10.00. The molecule has 0 spiro atoms. The number of piperazine rings is 1. The summed E-state index contributed by atoms with van der Waals surface area (Å²) < 4.78 is 5.69. The molecule has 66 heavy (non-hydrogen) atoms. The Hall–Kier alpha value is -6.85. The van der Waals surface area contributed by atoms with Gasteiger partial charge in [0.05, 0.1) is 28.0 Å². The molecule has 0 radical (unpaired) electrons. The highest BCUT2D eigenvalue weighted by molar-refractivity contribution is 6.33. The molecule has 0 saturated carbocycles. The standard InChI is InChI=1S/C48H51ClN10O7/c49-36-27-52-48(55-43(36)35-26-51-37-11-3-2-9-33(35)37)53-31-8-7-21-58(28-31)45(63)30-13-15-32(16-14-30)57-24-22-56(23-25-57)20-5-1-4-19-50-41(61)29-66-39-12-6-10-34-42(39)47(65)59(46(34)64)38-17-18-40(60)54-44(38)62/h2-3,6,9-16,26-27,31,38,51H,1,4-5,7-8,17-25,28-29H2,(H,50,61)(H,52,53,55)(H,54,60,62)/t31-,38?/m1/s1. The van der Waals surface area contributed by atoms with Crippen LogP contribution in [0.25, 0.3) is 22.2 Å². The predicted molar refractivity (Wildman–Crippen MR) is 247 cm³/mol. The molecule has 2 aromatic heterocycles. The Balaban J connectivity index is 0.667. The van der Waals surface area contributed by atoms with Crippen molar-refractivity contribution in [2.45, 2.75) is 57.0 Å². The number of anilines is 2. The molecular formula is C48H51ClN10O7. The Labute approximate surface area is 386 Å². The van der Waals surface area contributed by atoms with Gasteiger partial charge in [-0.1, -0.05) is 42.3 Å². The van der Waals surface area contributed by atoms with Crippen LogP contribution >= 0.6 is 11.6 Å². The monoisotopic (exact) mass is 914 g/mol. The lowest BCUT2D eigenvalue weighted by Crippen LogP contribution is -2.54. The van der Waals surface area contributed by atoms with E-state index in [1.54, 1.807) is 12.3 Å². The zero-order valence-corrected chi connectivity index (χ0v) is 37.1. The number of unbranched alkanes of at least 4 members (excludes halogenated alkanes) is 2. The smallest absolute Gasteiger partial charge is 0.266 e. The number of piperidine rings is 2.